The van der Waals surface area contributed by atoms with E-state index in [1.54, 1.807) is 0 Å². The average molecular weight is 761 g/mol. The first-order chi connectivity index (χ1) is 27.3. The number of benzene rings is 6. The highest BCUT2D eigenvalue weighted by Gasteiger charge is 2.33. The molecule has 0 aliphatic carbocycles. The van der Waals surface area contributed by atoms with E-state index in [1.165, 1.54) is 77.2 Å². The van der Waals surface area contributed by atoms with E-state index in [4.69, 9.17) is 4.98 Å². The number of aromatic nitrogens is 2. The summed E-state index contributed by atoms with van der Waals surface area (Å²) in [5.41, 5.74) is 12.4. The van der Waals surface area contributed by atoms with E-state index in [1.807, 2.05) is 6.20 Å². The first-order valence-corrected chi connectivity index (χ1v) is 23.2. The zero-order valence-corrected chi connectivity index (χ0v) is 35.5. The lowest BCUT2D eigenvalue weighted by Crippen LogP contribution is -2.53. The van der Waals surface area contributed by atoms with Crippen molar-refractivity contribution in [3.63, 3.8) is 0 Å². The number of para-hydroxylation sites is 3. The zero-order valence-electron chi connectivity index (χ0n) is 34.5. The number of anilines is 4. The van der Waals surface area contributed by atoms with Gasteiger partial charge in [0.2, 0.25) is 0 Å². The van der Waals surface area contributed by atoms with Crippen molar-refractivity contribution in [1.82, 2.24) is 9.55 Å². The van der Waals surface area contributed by atoms with Crippen molar-refractivity contribution in [2.24, 2.45) is 0 Å². The molecule has 0 saturated heterocycles. The minimum Gasteiger partial charge on any atom is -0.321 e. The lowest BCUT2D eigenvalue weighted by Gasteiger charge is -2.28. The third-order valence-corrected chi connectivity index (χ3v) is 15.6. The standard InChI is InChI=1S/C52H52N4Si/c1-51(2,3)37-25-27-42(36-17-10-9-11-18-36)48(31-37)55-35-54(46-23-14-15-24-47(46)55)39-19-16-20-40(33-39)57(7,8)41-26-28-44-43-21-12-13-22-45(43)56(49(44)34-41)50-32-38(29-30-53-50)52(4,5)6/h9-34H,35H2,1-8H3. The maximum Gasteiger partial charge on any atom is 0.137 e. The Labute approximate surface area is 339 Å². The van der Waals surface area contributed by atoms with Crippen LogP contribution in [0.5, 0.6) is 0 Å². The van der Waals surface area contributed by atoms with Crippen LogP contribution in [0.2, 0.25) is 13.1 Å². The summed E-state index contributed by atoms with van der Waals surface area (Å²) in [5.74, 6) is 0.966. The first-order valence-electron chi connectivity index (χ1n) is 20.2. The zero-order chi connectivity index (χ0) is 39.7. The monoisotopic (exact) mass is 760 g/mol. The maximum atomic E-state index is 4.95. The molecule has 0 fully saturated rings. The second-order valence-electron chi connectivity index (χ2n) is 18.2. The van der Waals surface area contributed by atoms with Crippen LogP contribution in [0.1, 0.15) is 52.7 Å². The molecule has 0 N–H and O–H groups in total. The van der Waals surface area contributed by atoms with Crippen LogP contribution < -0.4 is 20.2 Å². The molecule has 0 spiro atoms. The van der Waals surface area contributed by atoms with Gasteiger partial charge in [-0.25, -0.2) is 4.98 Å². The summed E-state index contributed by atoms with van der Waals surface area (Å²) in [6.45, 7) is 19.4. The first kappa shape index (κ1) is 36.7. The molecule has 0 radical (unpaired) electrons. The molecule has 284 valence electrons. The molecule has 8 aromatic rings. The molecule has 5 heteroatoms. The summed E-state index contributed by atoms with van der Waals surface area (Å²) in [7, 11) is -2.20. The minimum absolute atomic E-state index is 0.0229. The Morgan fingerprint density at radius 3 is 1.91 bits per heavy atom. The van der Waals surface area contributed by atoms with Crippen LogP contribution in [0.4, 0.5) is 22.7 Å². The summed E-state index contributed by atoms with van der Waals surface area (Å²) in [6.07, 6.45) is 1.96. The molecule has 1 aliphatic heterocycles. The predicted octanol–water partition coefficient (Wildman–Crippen LogP) is 12.5. The fourth-order valence-corrected chi connectivity index (χ4v) is 10.9. The van der Waals surface area contributed by atoms with Crippen molar-refractivity contribution in [3.05, 3.63) is 169 Å². The molecule has 57 heavy (non-hydrogen) atoms. The molecule has 0 atom stereocenters. The molecule has 0 amide bonds. The third-order valence-electron chi connectivity index (χ3n) is 12.1. The van der Waals surface area contributed by atoms with Gasteiger partial charge in [-0.1, -0.05) is 162 Å². The van der Waals surface area contributed by atoms with Crippen LogP contribution >= 0.6 is 0 Å². The topological polar surface area (TPSA) is 24.3 Å². The van der Waals surface area contributed by atoms with Gasteiger partial charge in [0, 0.05) is 28.2 Å². The van der Waals surface area contributed by atoms with Gasteiger partial charge in [-0.05, 0) is 82.1 Å². The average Bonchev–Trinajstić information content (AvgIpc) is 3.76. The van der Waals surface area contributed by atoms with Crippen molar-refractivity contribution < 1.29 is 0 Å². The number of fused-ring (bicyclic) bond motifs is 4. The Morgan fingerprint density at radius 1 is 0.509 bits per heavy atom. The smallest absolute Gasteiger partial charge is 0.137 e. The Kier molecular flexibility index (Phi) is 8.78. The van der Waals surface area contributed by atoms with E-state index in [0.29, 0.717) is 0 Å². The van der Waals surface area contributed by atoms with E-state index in [-0.39, 0.29) is 10.8 Å². The number of nitrogens with zero attached hydrogens (tertiary/aromatic N) is 4. The van der Waals surface area contributed by atoms with Gasteiger partial charge in [0.1, 0.15) is 20.6 Å². The largest absolute Gasteiger partial charge is 0.321 e. The normalized spacial score (nSPS) is 13.5. The molecular formula is C52H52N4Si. The van der Waals surface area contributed by atoms with Crippen molar-refractivity contribution >= 4 is 63.0 Å². The van der Waals surface area contributed by atoms with Crippen LogP contribution in [0, 0.1) is 0 Å². The molecule has 1 aliphatic rings. The molecule has 3 heterocycles. The summed E-state index contributed by atoms with van der Waals surface area (Å²) in [4.78, 5) is 9.96. The lowest BCUT2D eigenvalue weighted by atomic mass is 9.85. The fourth-order valence-electron chi connectivity index (χ4n) is 8.57. The highest BCUT2D eigenvalue weighted by molar-refractivity contribution is 7.00. The second-order valence-corrected chi connectivity index (χ2v) is 22.7. The van der Waals surface area contributed by atoms with E-state index >= 15 is 0 Å². The van der Waals surface area contributed by atoms with E-state index in [2.05, 4.69) is 221 Å². The molecule has 0 saturated carbocycles. The lowest BCUT2D eigenvalue weighted by molar-refractivity contribution is 0.588. The van der Waals surface area contributed by atoms with Gasteiger partial charge in [-0.15, -0.1) is 0 Å². The highest BCUT2D eigenvalue weighted by atomic mass is 28.3. The molecule has 4 nitrogen and oxygen atoms in total. The van der Waals surface area contributed by atoms with Gasteiger partial charge in [-0.3, -0.25) is 4.57 Å². The van der Waals surface area contributed by atoms with Crippen LogP contribution in [-0.4, -0.2) is 24.3 Å². The van der Waals surface area contributed by atoms with E-state index < -0.39 is 8.07 Å². The van der Waals surface area contributed by atoms with Gasteiger partial charge in [0.05, 0.1) is 28.1 Å². The van der Waals surface area contributed by atoms with Gasteiger partial charge >= 0.3 is 0 Å². The van der Waals surface area contributed by atoms with Crippen LogP contribution in [0.25, 0.3) is 38.8 Å². The Bertz CT molecular complexity index is 2780. The SMILES string of the molecule is CC(C)(C)c1ccnc(-n2c3ccccc3c3ccc([Si](C)(C)c4cccc(N5CN(c6cc(C(C)(C)C)ccc6-c6ccccc6)c6ccccc65)c4)cc32)c1. The van der Waals surface area contributed by atoms with E-state index in [0.717, 1.165) is 12.5 Å². The number of hydrogen-bond acceptors (Lipinski definition) is 3. The number of pyridine rings is 1. The maximum absolute atomic E-state index is 4.95. The van der Waals surface area contributed by atoms with E-state index in [9.17, 15) is 0 Å². The van der Waals surface area contributed by atoms with Crippen LogP contribution in [0.3, 0.4) is 0 Å². The minimum atomic E-state index is -2.20. The quantitative estimate of drug-likeness (QED) is 0.158. The van der Waals surface area contributed by atoms with Crippen molar-refractivity contribution in [1.29, 1.82) is 0 Å². The van der Waals surface area contributed by atoms with Crippen molar-refractivity contribution in [2.75, 3.05) is 16.5 Å². The van der Waals surface area contributed by atoms with Crippen molar-refractivity contribution in [2.45, 2.75) is 65.5 Å². The van der Waals surface area contributed by atoms with Gasteiger partial charge in [0.15, 0.2) is 0 Å². The Morgan fingerprint density at radius 2 is 1.16 bits per heavy atom. The molecule has 0 unspecified atom stereocenters. The van der Waals surface area contributed by atoms with Crippen LogP contribution in [-0.2, 0) is 10.8 Å². The predicted molar refractivity (Wildman–Crippen MR) is 247 cm³/mol. The molecule has 6 aromatic carbocycles. The summed E-state index contributed by atoms with van der Waals surface area (Å²) in [6, 6.07) is 56.5. The molecule has 0 bridgehead atoms. The van der Waals surface area contributed by atoms with Gasteiger partial charge in [-0.2, -0.15) is 0 Å². The molecule has 9 rings (SSSR count). The number of rotatable bonds is 6. The van der Waals surface area contributed by atoms with Gasteiger partial charge in [0.25, 0.3) is 0 Å². The van der Waals surface area contributed by atoms with Crippen molar-refractivity contribution in [3.8, 4) is 16.9 Å². The molecule has 2 aromatic heterocycles. The van der Waals surface area contributed by atoms with Crippen LogP contribution in [0.15, 0.2) is 158 Å². The number of hydrogen-bond donors (Lipinski definition) is 0. The second kappa shape index (κ2) is 13.6. The molecular weight excluding hydrogens is 709 g/mol. The summed E-state index contributed by atoms with van der Waals surface area (Å²) in [5, 5.41) is 5.32. The Hall–Kier alpha value is -5.91. The summed E-state index contributed by atoms with van der Waals surface area (Å²) < 4.78 is 2.37. The van der Waals surface area contributed by atoms with Gasteiger partial charge < -0.3 is 9.80 Å². The third kappa shape index (κ3) is 6.44. The highest BCUT2D eigenvalue weighted by Crippen LogP contribution is 2.47. The fraction of sp³-hybridized carbons (Fsp3) is 0.212. The Balaban J connectivity index is 1.13. The summed E-state index contributed by atoms with van der Waals surface area (Å²) >= 11 is 0.